The van der Waals surface area contributed by atoms with Gasteiger partial charge in [-0.15, -0.1) is 0 Å². The molecule has 0 aliphatic heterocycles. The van der Waals surface area contributed by atoms with Crippen LogP contribution in [0.1, 0.15) is 12.8 Å². The van der Waals surface area contributed by atoms with Crippen LogP contribution in [0.25, 0.3) is 0 Å². The van der Waals surface area contributed by atoms with E-state index >= 15 is 0 Å². The summed E-state index contributed by atoms with van der Waals surface area (Å²) in [5, 5.41) is 5.33. The molecule has 0 fully saturated rings. The van der Waals surface area contributed by atoms with Gasteiger partial charge in [0.15, 0.2) is 11.4 Å². The van der Waals surface area contributed by atoms with E-state index in [4.69, 9.17) is 0 Å². The maximum absolute atomic E-state index is 2.58. The van der Waals surface area contributed by atoms with Crippen molar-refractivity contribution >= 4 is 60.2 Å². The Balaban J connectivity index is 1.16. The maximum atomic E-state index is 2.58. The van der Waals surface area contributed by atoms with Gasteiger partial charge in [-0.05, 0) is 71.8 Å². The Labute approximate surface area is 310 Å². The van der Waals surface area contributed by atoms with Gasteiger partial charge in [0.1, 0.15) is 0 Å². The summed E-state index contributed by atoms with van der Waals surface area (Å²) in [5.74, 6) is 0. The summed E-state index contributed by atoms with van der Waals surface area (Å²) < 4.78 is 5.15. The van der Waals surface area contributed by atoms with Crippen molar-refractivity contribution in [2.75, 3.05) is 0 Å². The van der Waals surface area contributed by atoms with E-state index in [1.54, 1.807) is 0 Å². The van der Waals surface area contributed by atoms with Gasteiger partial charge in [-0.2, -0.15) is 8.69 Å². The minimum Gasteiger partial charge on any atom is -0.173 e. The number of allylic oxidation sites excluding steroid dienone is 8. The molecule has 250 valence electrons. The topological polar surface area (TPSA) is 6.02 Å². The zero-order valence-corrected chi connectivity index (χ0v) is 30.8. The summed E-state index contributed by atoms with van der Waals surface area (Å²) in [6.45, 7) is 0. The fourth-order valence-corrected chi connectivity index (χ4v) is 11.7. The van der Waals surface area contributed by atoms with Crippen LogP contribution in [-0.4, -0.2) is 20.1 Å². The van der Waals surface area contributed by atoms with Crippen molar-refractivity contribution in [3.63, 3.8) is 0 Å². The van der Waals surface area contributed by atoms with Gasteiger partial charge in [-0.25, -0.2) is 0 Å². The van der Waals surface area contributed by atoms with Crippen LogP contribution in [0, 0.1) is 0 Å². The molecule has 0 saturated heterocycles. The normalized spacial score (nSPS) is 16.0. The van der Waals surface area contributed by atoms with E-state index in [0.717, 1.165) is 12.8 Å². The Hall–Kier alpha value is -5.52. The van der Waals surface area contributed by atoms with Gasteiger partial charge in [0.05, 0.1) is 12.8 Å². The highest BCUT2D eigenvalue weighted by Gasteiger charge is 2.34. The van der Waals surface area contributed by atoms with E-state index in [9.17, 15) is 0 Å². The lowest BCUT2D eigenvalue weighted by Gasteiger charge is -2.20. The van der Waals surface area contributed by atoms with Crippen molar-refractivity contribution < 1.29 is 8.69 Å². The molecule has 0 heterocycles. The van der Waals surface area contributed by atoms with Gasteiger partial charge in [0, 0.05) is 57.6 Å². The van der Waals surface area contributed by atoms with Crippen LogP contribution in [0.3, 0.4) is 0 Å². The molecular weight excluding hydrogens is 666 g/mol. The lowest BCUT2D eigenvalue weighted by atomic mass is 9.94. The third kappa shape index (κ3) is 7.42. The highest BCUT2D eigenvalue weighted by atomic mass is 31.1. The lowest BCUT2D eigenvalue weighted by molar-refractivity contribution is -0.253. The minimum atomic E-state index is -0.843. The number of hydrogen-bond donors (Lipinski definition) is 0. The fraction of sp³-hybridized carbons (Fsp3) is 0.0417. The molecule has 6 aromatic carbocycles. The highest BCUT2D eigenvalue weighted by Crippen LogP contribution is 2.43. The van der Waals surface area contributed by atoms with Crippen LogP contribution in [0.2, 0.25) is 0 Å². The third-order valence-electron chi connectivity index (χ3n) is 9.25. The minimum absolute atomic E-state index is 0.843. The van der Waals surface area contributed by atoms with Crippen LogP contribution >= 0.6 is 16.1 Å². The summed E-state index contributed by atoms with van der Waals surface area (Å²) in [6.07, 6.45) is 15.8. The highest BCUT2D eigenvalue weighted by molar-refractivity contribution is 7.68. The SMILES string of the molecule is C1=CC(=[N+](c2ccccc2)P(c2ccccc2)c2ccccc2)CC=C1C1=CCC(=[N+](c2ccccc2)P(c2ccccc2)c2ccccc2)C=C1. The zero-order chi connectivity index (χ0) is 35.0. The Kier molecular flexibility index (Phi) is 10.5. The van der Waals surface area contributed by atoms with Crippen molar-refractivity contribution in [3.8, 4) is 0 Å². The van der Waals surface area contributed by atoms with E-state index in [2.05, 4.69) is 227 Å². The zero-order valence-electron chi connectivity index (χ0n) is 29.0. The van der Waals surface area contributed by atoms with Crippen LogP contribution < -0.4 is 21.2 Å². The van der Waals surface area contributed by atoms with E-state index < -0.39 is 16.1 Å². The summed E-state index contributed by atoms with van der Waals surface area (Å²) in [4.78, 5) is 0. The summed E-state index contributed by atoms with van der Waals surface area (Å²) in [6, 6.07) is 65.6. The molecule has 0 unspecified atom stereocenters. The molecule has 4 heteroatoms. The van der Waals surface area contributed by atoms with Gasteiger partial charge < -0.3 is 0 Å². The predicted octanol–water partition coefficient (Wildman–Crippen LogP) is 10.4. The lowest BCUT2D eigenvalue weighted by Crippen LogP contribution is -2.24. The van der Waals surface area contributed by atoms with Crippen LogP contribution in [0.15, 0.2) is 230 Å². The van der Waals surface area contributed by atoms with Crippen LogP contribution in [-0.2, 0) is 0 Å². The molecule has 2 aliphatic carbocycles. The molecule has 0 amide bonds. The second kappa shape index (κ2) is 16.2. The smallest absolute Gasteiger partial charge is 0.173 e. The van der Waals surface area contributed by atoms with Gasteiger partial charge >= 0.3 is 0 Å². The van der Waals surface area contributed by atoms with Crippen molar-refractivity contribution in [3.05, 3.63) is 230 Å². The number of rotatable bonds is 9. The average molecular weight is 707 g/mol. The van der Waals surface area contributed by atoms with Gasteiger partial charge in [0.25, 0.3) is 16.1 Å². The first kappa shape index (κ1) is 33.6. The number of benzene rings is 6. The van der Waals surface area contributed by atoms with E-state index in [1.807, 2.05) is 0 Å². The molecule has 0 bridgehead atoms. The molecule has 0 N–H and O–H groups in total. The number of para-hydroxylation sites is 2. The molecule has 52 heavy (non-hydrogen) atoms. The Morgan fingerprint density at radius 1 is 0.308 bits per heavy atom. The van der Waals surface area contributed by atoms with E-state index in [0.29, 0.717) is 0 Å². The van der Waals surface area contributed by atoms with Crippen molar-refractivity contribution in [1.82, 2.24) is 0 Å². The molecule has 6 aromatic rings. The van der Waals surface area contributed by atoms with Crippen molar-refractivity contribution in [2.45, 2.75) is 12.8 Å². The molecule has 8 rings (SSSR count). The summed E-state index contributed by atoms with van der Waals surface area (Å²) in [5.41, 5.74) is 7.57. The van der Waals surface area contributed by atoms with Crippen molar-refractivity contribution in [2.24, 2.45) is 0 Å². The number of hydrogen-bond acceptors (Lipinski definition) is 0. The first-order valence-corrected chi connectivity index (χ1v) is 20.4. The van der Waals surface area contributed by atoms with Gasteiger partial charge in [-0.1, -0.05) is 121 Å². The van der Waals surface area contributed by atoms with Crippen molar-refractivity contribution in [1.29, 1.82) is 0 Å². The quantitative estimate of drug-likeness (QED) is 0.132. The maximum Gasteiger partial charge on any atom is 0.251 e. The van der Waals surface area contributed by atoms with E-state index in [1.165, 1.54) is 55.2 Å². The fourth-order valence-electron chi connectivity index (χ4n) is 6.81. The second-order valence-electron chi connectivity index (χ2n) is 12.6. The Morgan fingerprint density at radius 2 is 0.577 bits per heavy atom. The first-order chi connectivity index (χ1) is 25.8. The molecule has 0 aromatic heterocycles. The largest absolute Gasteiger partial charge is 0.251 e. The van der Waals surface area contributed by atoms with E-state index in [-0.39, 0.29) is 0 Å². The monoisotopic (exact) mass is 706 g/mol. The molecule has 2 nitrogen and oxygen atoms in total. The molecule has 0 atom stereocenters. The first-order valence-electron chi connectivity index (χ1n) is 17.8. The summed E-state index contributed by atoms with van der Waals surface area (Å²) in [7, 11) is -1.69. The summed E-state index contributed by atoms with van der Waals surface area (Å²) >= 11 is 0. The molecular formula is C48H40N2P2+2. The molecule has 0 spiro atoms. The average Bonchev–Trinajstić information content (AvgIpc) is 3.24. The van der Waals surface area contributed by atoms with Gasteiger partial charge in [-0.3, -0.25) is 0 Å². The number of nitrogens with zero attached hydrogens (tertiary/aromatic N) is 2. The Morgan fingerprint density at radius 3 is 0.827 bits per heavy atom. The van der Waals surface area contributed by atoms with Gasteiger partial charge in [0.2, 0.25) is 11.4 Å². The second-order valence-corrected chi connectivity index (χ2v) is 16.7. The molecule has 2 aliphatic rings. The third-order valence-corrected chi connectivity index (χ3v) is 14.2. The molecule has 0 saturated carbocycles. The van der Waals surface area contributed by atoms with Crippen LogP contribution in [0.4, 0.5) is 11.4 Å². The molecule has 0 radical (unpaired) electrons. The Bertz CT molecular complexity index is 2060. The van der Waals surface area contributed by atoms with Crippen LogP contribution in [0.5, 0.6) is 0 Å². The standard InChI is InChI=1S/C48H40N2P2/c1-7-19-41(20-8-1)49(51(45-23-11-3-12-24-45)46-25-13-4-14-26-46)43-35-31-39(32-36-43)40-33-37-44(38-34-40)50(42-21-9-2-10-22-42)52(47-27-15-5-16-28-47)48-29-17-6-18-30-48/h1-35,37H,36,38H2/q+2. The predicted molar refractivity (Wildman–Crippen MR) is 225 cm³/mol.